The number of hydrogen-bond donors (Lipinski definition) is 1. The minimum absolute atomic E-state index is 0.0477. The van der Waals surface area contributed by atoms with Crippen molar-refractivity contribution < 1.29 is 9.53 Å². The van der Waals surface area contributed by atoms with Gasteiger partial charge in [-0.05, 0) is 24.3 Å². The zero-order valence-electron chi connectivity index (χ0n) is 13.0. The monoisotopic (exact) mass is 323 g/mol. The molecular formula is C18H17N3O3. The Morgan fingerprint density at radius 1 is 1.08 bits per heavy atom. The zero-order chi connectivity index (χ0) is 16.8. The van der Waals surface area contributed by atoms with Crippen molar-refractivity contribution in [3.8, 4) is 5.75 Å². The Labute approximate surface area is 138 Å². The lowest BCUT2D eigenvalue weighted by Gasteiger charge is -2.10. The quantitative estimate of drug-likeness (QED) is 0.699. The van der Waals surface area contributed by atoms with E-state index in [2.05, 4.69) is 10.4 Å². The van der Waals surface area contributed by atoms with E-state index in [9.17, 15) is 9.59 Å². The molecule has 0 saturated heterocycles. The molecule has 24 heavy (non-hydrogen) atoms. The SMILES string of the molecule is O=C(Cn1ncc(=O)c2ccccc21)NCCOc1ccccc1. The fourth-order valence-electron chi connectivity index (χ4n) is 2.35. The summed E-state index contributed by atoms with van der Waals surface area (Å²) in [5, 5.41) is 7.36. The molecule has 1 N–H and O–H groups in total. The number of carbonyl (C=O) groups is 1. The van der Waals surface area contributed by atoms with Gasteiger partial charge in [-0.15, -0.1) is 0 Å². The number of benzene rings is 2. The van der Waals surface area contributed by atoms with Crippen LogP contribution in [-0.4, -0.2) is 28.8 Å². The fourth-order valence-corrected chi connectivity index (χ4v) is 2.35. The number of para-hydroxylation sites is 2. The van der Waals surface area contributed by atoms with Crippen molar-refractivity contribution >= 4 is 16.8 Å². The van der Waals surface area contributed by atoms with Gasteiger partial charge in [-0.3, -0.25) is 14.3 Å². The number of rotatable bonds is 6. The second-order valence-electron chi connectivity index (χ2n) is 5.20. The standard InChI is InChI=1S/C18H17N3O3/c22-17-12-20-21(16-9-5-4-8-15(16)17)13-18(23)19-10-11-24-14-6-2-1-3-7-14/h1-9,12H,10-11,13H2,(H,19,23). The number of aromatic nitrogens is 2. The van der Waals surface area contributed by atoms with E-state index in [1.165, 1.54) is 10.9 Å². The molecule has 2 aromatic carbocycles. The first-order valence-electron chi connectivity index (χ1n) is 7.63. The number of hydrogen-bond acceptors (Lipinski definition) is 4. The average Bonchev–Trinajstić information content (AvgIpc) is 2.62. The highest BCUT2D eigenvalue weighted by Gasteiger charge is 2.07. The van der Waals surface area contributed by atoms with E-state index in [1.54, 1.807) is 18.2 Å². The summed E-state index contributed by atoms with van der Waals surface area (Å²) in [6, 6.07) is 16.5. The van der Waals surface area contributed by atoms with Gasteiger partial charge in [0.1, 0.15) is 18.9 Å². The molecule has 6 heteroatoms. The minimum atomic E-state index is -0.187. The van der Waals surface area contributed by atoms with Crippen LogP contribution in [0.15, 0.2) is 65.6 Å². The van der Waals surface area contributed by atoms with Crippen LogP contribution in [0.3, 0.4) is 0 Å². The minimum Gasteiger partial charge on any atom is -0.492 e. The van der Waals surface area contributed by atoms with Gasteiger partial charge in [-0.25, -0.2) is 0 Å². The molecule has 0 fully saturated rings. The van der Waals surface area contributed by atoms with Crippen LogP contribution in [0, 0.1) is 0 Å². The van der Waals surface area contributed by atoms with Crippen molar-refractivity contribution in [1.29, 1.82) is 0 Å². The molecule has 0 spiro atoms. The molecule has 3 rings (SSSR count). The van der Waals surface area contributed by atoms with Crippen LogP contribution in [0.4, 0.5) is 0 Å². The molecule has 0 atom stereocenters. The lowest BCUT2D eigenvalue weighted by molar-refractivity contribution is -0.121. The second-order valence-corrected chi connectivity index (χ2v) is 5.20. The molecule has 6 nitrogen and oxygen atoms in total. The molecule has 0 aliphatic heterocycles. The van der Waals surface area contributed by atoms with E-state index in [4.69, 9.17) is 4.74 Å². The van der Waals surface area contributed by atoms with Crippen LogP contribution in [0.1, 0.15) is 0 Å². The average molecular weight is 323 g/mol. The summed E-state index contributed by atoms with van der Waals surface area (Å²) < 4.78 is 7.03. The molecule has 0 radical (unpaired) electrons. The summed E-state index contributed by atoms with van der Waals surface area (Å²) in [5.74, 6) is 0.577. The third-order valence-corrected chi connectivity index (χ3v) is 3.49. The molecule has 0 bridgehead atoms. The van der Waals surface area contributed by atoms with Gasteiger partial charge in [0.25, 0.3) is 0 Å². The topological polar surface area (TPSA) is 73.2 Å². The van der Waals surface area contributed by atoms with Crippen molar-refractivity contribution in [3.63, 3.8) is 0 Å². The maximum Gasteiger partial charge on any atom is 0.241 e. The number of nitrogens with zero attached hydrogens (tertiary/aromatic N) is 2. The van der Waals surface area contributed by atoms with E-state index in [0.717, 1.165) is 5.75 Å². The third kappa shape index (κ3) is 3.78. The van der Waals surface area contributed by atoms with Crippen LogP contribution in [-0.2, 0) is 11.3 Å². The van der Waals surface area contributed by atoms with Crippen molar-refractivity contribution in [2.75, 3.05) is 13.2 Å². The highest BCUT2D eigenvalue weighted by molar-refractivity contribution is 5.81. The van der Waals surface area contributed by atoms with E-state index in [0.29, 0.717) is 24.1 Å². The first kappa shape index (κ1) is 15.7. The molecule has 3 aromatic rings. The lowest BCUT2D eigenvalue weighted by atomic mass is 10.2. The van der Waals surface area contributed by atoms with Gasteiger partial charge in [0, 0.05) is 5.39 Å². The fraction of sp³-hybridized carbons (Fsp3) is 0.167. The Hall–Kier alpha value is -3.15. The smallest absolute Gasteiger partial charge is 0.241 e. The number of fused-ring (bicyclic) bond motifs is 1. The number of ether oxygens (including phenoxy) is 1. The van der Waals surface area contributed by atoms with Crippen molar-refractivity contribution in [2.24, 2.45) is 0 Å². The Morgan fingerprint density at radius 3 is 2.67 bits per heavy atom. The molecule has 0 saturated carbocycles. The maximum absolute atomic E-state index is 12.0. The highest BCUT2D eigenvalue weighted by Crippen LogP contribution is 2.08. The van der Waals surface area contributed by atoms with Crippen LogP contribution in [0.25, 0.3) is 10.9 Å². The van der Waals surface area contributed by atoms with Crippen LogP contribution in [0.5, 0.6) is 5.75 Å². The van der Waals surface area contributed by atoms with Crippen LogP contribution < -0.4 is 15.5 Å². The van der Waals surface area contributed by atoms with Gasteiger partial charge in [-0.2, -0.15) is 5.10 Å². The predicted octanol–water partition coefficient (Wildman–Crippen LogP) is 1.59. The molecule has 0 aliphatic carbocycles. The van der Waals surface area contributed by atoms with E-state index in [1.807, 2.05) is 36.4 Å². The summed E-state index contributed by atoms with van der Waals surface area (Å²) >= 11 is 0. The summed E-state index contributed by atoms with van der Waals surface area (Å²) in [5.41, 5.74) is 0.485. The predicted molar refractivity (Wildman–Crippen MR) is 90.9 cm³/mol. The van der Waals surface area contributed by atoms with Crippen LogP contribution >= 0.6 is 0 Å². The van der Waals surface area contributed by atoms with Gasteiger partial charge < -0.3 is 10.1 Å². The largest absolute Gasteiger partial charge is 0.492 e. The van der Waals surface area contributed by atoms with Gasteiger partial charge in [0.15, 0.2) is 0 Å². The molecule has 1 heterocycles. The van der Waals surface area contributed by atoms with Crippen LogP contribution in [0.2, 0.25) is 0 Å². The van der Waals surface area contributed by atoms with Gasteiger partial charge >= 0.3 is 0 Å². The first-order valence-corrected chi connectivity index (χ1v) is 7.63. The third-order valence-electron chi connectivity index (χ3n) is 3.49. The highest BCUT2D eigenvalue weighted by atomic mass is 16.5. The molecular weight excluding hydrogens is 306 g/mol. The van der Waals surface area contributed by atoms with Gasteiger partial charge in [0.05, 0.1) is 18.3 Å². The molecule has 0 aliphatic rings. The molecule has 0 unspecified atom stereocenters. The van der Waals surface area contributed by atoms with Crippen molar-refractivity contribution in [3.05, 3.63) is 71.0 Å². The maximum atomic E-state index is 12.0. The van der Waals surface area contributed by atoms with Gasteiger partial charge in [0.2, 0.25) is 11.3 Å². The van der Waals surface area contributed by atoms with Crippen molar-refractivity contribution in [1.82, 2.24) is 15.1 Å². The molecule has 1 amide bonds. The molecule has 122 valence electrons. The summed E-state index contributed by atoms with van der Waals surface area (Å²) in [4.78, 5) is 23.8. The van der Waals surface area contributed by atoms with Crippen molar-refractivity contribution in [2.45, 2.75) is 6.54 Å². The number of amides is 1. The van der Waals surface area contributed by atoms with E-state index < -0.39 is 0 Å². The number of nitrogens with one attached hydrogen (secondary N) is 1. The molecule has 1 aromatic heterocycles. The van der Waals surface area contributed by atoms with E-state index in [-0.39, 0.29) is 17.9 Å². The Morgan fingerprint density at radius 2 is 1.83 bits per heavy atom. The zero-order valence-corrected chi connectivity index (χ0v) is 13.0. The summed E-state index contributed by atoms with van der Waals surface area (Å²) in [7, 11) is 0. The second kappa shape index (κ2) is 7.41. The summed E-state index contributed by atoms with van der Waals surface area (Å²) in [6.07, 6.45) is 1.23. The Balaban J connectivity index is 1.56. The normalized spacial score (nSPS) is 10.5. The first-order chi connectivity index (χ1) is 11.7. The summed E-state index contributed by atoms with van der Waals surface area (Å²) in [6.45, 7) is 0.825. The lowest BCUT2D eigenvalue weighted by Crippen LogP contribution is -2.32. The number of carbonyl (C=O) groups excluding carboxylic acids is 1. The Kier molecular flexibility index (Phi) is 4.86. The van der Waals surface area contributed by atoms with E-state index >= 15 is 0 Å². The van der Waals surface area contributed by atoms with Gasteiger partial charge in [-0.1, -0.05) is 30.3 Å². The Bertz CT molecular complexity index is 891.